The third-order valence-electron chi connectivity index (χ3n) is 4.90. The number of carboxylic acid groups (broad SMARTS) is 1. The number of nitrogens with zero attached hydrogens (tertiary/aromatic N) is 2. The number of ether oxygens (including phenoxy) is 1. The molecule has 3 aromatic carbocycles. The van der Waals surface area contributed by atoms with Gasteiger partial charge >= 0.3 is 12.1 Å². The van der Waals surface area contributed by atoms with Crippen LogP contribution in [0.3, 0.4) is 0 Å². The highest BCUT2D eigenvalue weighted by atomic mass is 16.6. The number of hydrogen-bond acceptors (Lipinski definition) is 4. The lowest BCUT2D eigenvalue weighted by Gasteiger charge is -2.14. The van der Waals surface area contributed by atoms with Gasteiger partial charge in [-0.05, 0) is 41.5 Å². The molecule has 1 atom stereocenters. The molecule has 0 aliphatic heterocycles. The van der Waals surface area contributed by atoms with Crippen LogP contribution < -0.4 is 5.32 Å². The molecule has 0 bridgehead atoms. The Morgan fingerprint density at radius 1 is 1.13 bits per heavy atom. The van der Waals surface area contributed by atoms with Gasteiger partial charge in [0, 0.05) is 18.5 Å². The second-order valence-electron chi connectivity index (χ2n) is 7.01. The summed E-state index contributed by atoms with van der Waals surface area (Å²) in [5.74, 6) is 4.05. The van der Waals surface area contributed by atoms with Crippen LogP contribution in [0.25, 0.3) is 21.7 Å². The average molecular weight is 413 g/mol. The molecule has 0 saturated heterocycles. The summed E-state index contributed by atoms with van der Waals surface area (Å²) < 4.78 is 7.13. The second kappa shape index (κ2) is 8.20. The van der Waals surface area contributed by atoms with Crippen molar-refractivity contribution in [2.75, 3.05) is 5.32 Å². The van der Waals surface area contributed by atoms with Crippen molar-refractivity contribution < 1.29 is 19.4 Å². The van der Waals surface area contributed by atoms with Crippen molar-refractivity contribution in [3.63, 3.8) is 0 Å². The Balaban J connectivity index is 1.67. The number of anilines is 1. The Morgan fingerprint density at radius 2 is 1.90 bits per heavy atom. The van der Waals surface area contributed by atoms with Crippen LogP contribution in [-0.4, -0.2) is 26.9 Å². The summed E-state index contributed by atoms with van der Waals surface area (Å²) in [7, 11) is 1.74. The first kappa shape index (κ1) is 20.0. The molecule has 4 aromatic rings. The maximum Gasteiger partial charge on any atom is 0.413 e. The number of hydrogen-bond donors (Lipinski definition) is 2. The van der Waals surface area contributed by atoms with Crippen LogP contribution >= 0.6 is 0 Å². The largest absolute Gasteiger partial charge is 0.472 e. The number of rotatable bonds is 3. The van der Waals surface area contributed by atoms with Crippen molar-refractivity contribution in [1.82, 2.24) is 9.78 Å². The summed E-state index contributed by atoms with van der Waals surface area (Å²) in [6.45, 7) is 1.81. The van der Waals surface area contributed by atoms with Crippen molar-refractivity contribution in [3.05, 3.63) is 71.8 Å². The molecule has 0 radical (unpaired) electrons. The summed E-state index contributed by atoms with van der Waals surface area (Å²) >= 11 is 0. The summed E-state index contributed by atoms with van der Waals surface area (Å²) in [4.78, 5) is 23.3. The predicted molar refractivity (Wildman–Crippen MR) is 118 cm³/mol. The van der Waals surface area contributed by atoms with Gasteiger partial charge in [-0.15, -0.1) is 0 Å². The maximum absolute atomic E-state index is 12.6. The number of nitrogens with one attached hydrogen (secondary N) is 1. The first-order valence-corrected chi connectivity index (χ1v) is 9.59. The van der Waals surface area contributed by atoms with E-state index in [4.69, 9.17) is 9.84 Å². The Morgan fingerprint density at radius 3 is 2.65 bits per heavy atom. The fourth-order valence-corrected chi connectivity index (χ4v) is 3.45. The van der Waals surface area contributed by atoms with Crippen molar-refractivity contribution >= 4 is 39.6 Å². The van der Waals surface area contributed by atoms with Crippen molar-refractivity contribution in [2.24, 2.45) is 7.05 Å². The normalized spacial score (nSPS) is 11.5. The molecule has 1 aromatic heterocycles. The lowest BCUT2D eigenvalue weighted by atomic mass is 10.0. The number of aryl methyl sites for hydroxylation is 1. The van der Waals surface area contributed by atoms with E-state index in [0.717, 1.165) is 21.7 Å². The van der Waals surface area contributed by atoms with Crippen LogP contribution in [-0.2, 0) is 16.6 Å². The SMILES string of the molecule is CC(OC(=O)Nc1c2c(ccc3cc(C#CC(=O)O)ccc32)nn1C)c1ccccc1. The zero-order chi connectivity index (χ0) is 22.0. The fraction of sp³-hybridized carbons (Fsp3) is 0.125. The molecule has 1 heterocycles. The molecule has 0 spiro atoms. The molecule has 2 N–H and O–H groups in total. The molecule has 0 saturated carbocycles. The van der Waals surface area contributed by atoms with Gasteiger partial charge in [0.1, 0.15) is 11.9 Å². The molecule has 154 valence electrons. The van der Waals surface area contributed by atoms with Crippen LogP contribution in [0, 0.1) is 11.8 Å². The first-order valence-electron chi connectivity index (χ1n) is 9.59. The Labute approximate surface area is 178 Å². The lowest BCUT2D eigenvalue weighted by molar-refractivity contribution is -0.130. The Hall–Kier alpha value is -4.31. The second-order valence-corrected chi connectivity index (χ2v) is 7.01. The monoisotopic (exact) mass is 413 g/mol. The number of benzene rings is 3. The van der Waals surface area contributed by atoms with Gasteiger partial charge in [-0.25, -0.2) is 9.59 Å². The van der Waals surface area contributed by atoms with Crippen LogP contribution in [0.2, 0.25) is 0 Å². The van der Waals surface area contributed by atoms with E-state index < -0.39 is 18.2 Å². The minimum absolute atomic E-state index is 0.409. The van der Waals surface area contributed by atoms with Gasteiger partial charge in [0.05, 0.1) is 10.9 Å². The molecule has 0 fully saturated rings. The van der Waals surface area contributed by atoms with Crippen molar-refractivity contribution in [1.29, 1.82) is 0 Å². The molecule has 0 aliphatic rings. The smallest absolute Gasteiger partial charge is 0.413 e. The number of aliphatic carboxylic acids is 1. The summed E-state index contributed by atoms with van der Waals surface area (Å²) in [5.41, 5.74) is 2.20. The topological polar surface area (TPSA) is 93.4 Å². The van der Waals surface area contributed by atoms with E-state index >= 15 is 0 Å². The van der Waals surface area contributed by atoms with Gasteiger partial charge < -0.3 is 9.84 Å². The summed E-state index contributed by atoms with van der Waals surface area (Å²) in [6, 6.07) is 18.6. The molecular formula is C24H19N3O4. The van der Waals surface area contributed by atoms with Gasteiger partial charge in [-0.3, -0.25) is 10.00 Å². The highest BCUT2D eigenvalue weighted by Crippen LogP contribution is 2.32. The first-order chi connectivity index (χ1) is 14.9. The zero-order valence-corrected chi connectivity index (χ0v) is 16.9. The van der Waals surface area contributed by atoms with Gasteiger partial charge in [0.25, 0.3) is 0 Å². The standard InChI is InChI=1S/C24H19N3O4/c1-15(17-6-4-3-5-7-17)31-24(30)25-23-22-19-11-8-16(9-13-21(28)29)14-18(19)10-12-20(22)26-27(23)2/h3-8,10-12,14-15H,1-2H3,(H,25,30)(H,28,29). The quantitative estimate of drug-likeness (QED) is 0.483. The zero-order valence-electron chi connectivity index (χ0n) is 16.9. The Kier molecular flexibility index (Phi) is 5.29. The van der Waals surface area contributed by atoms with Gasteiger partial charge in [-0.2, -0.15) is 5.10 Å². The minimum Gasteiger partial charge on any atom is -0.472 e. The van der Waals surface area contributed by atoms with Crippen molar-refractivity contribution in [3.8, 4) is 11.8 Å². The van der Waals surface area contributed by atoms with Crippen LogP contribution in [0.5, 0.6) is 0 Å². The average Bonchev–Trinajstić information content (AvgIpc) is 3.08. The van der Waals surface area contributed by atoms with Crippen molar-refractivity contribution in [2.45, 2.75) is 13.0 Å². The van der Waals surface area contributed by atoms with E-state index in [1.165, 1.54) is 0 Å². The van der Waals surface area contributed by atoms with Gasteiger partial charge in [-0.1, -0.05) is 48.4 Å². The lowest BCUT2D eigenvalue weighted by Crippen LogP contribution is -2.18. The minimum atomic E-state index is -1.18. The fourth-order valence-electron chi connectivity index (χ4n) is 3.45. The van der Waals surface area contributed by atoms with Gasteiger partial charge in [0.15, 0.2) is 0 Å². The summed E-state index contributed by atoms with van der Waals surface area (Å²) in [6.07, 6.45) is -0.991. The van der Waals surface area contributed by atoms with E-state index in [1.54, 1.807) is 23.9 Å². The van der Waals surface area contributed by atoms with E-state index in [9.17, 15) is 9.59 Å². The molecule has 7 heteroatoms. The number of carbonyl (C=O) groups excluding carboxylic acids is 1. The summed E-state index contributed by atoms with van der Waals surface area (Å²) in [5, 5.41) is 18.5. The molecule has 0 aliphatic carbocycles. The number of amides is 1. The van der Waals surface area contributed by atoms with Gasteiger partial charge in [0.2, 0.25) is 0 Å². The number of carboxylic acids is 1. The molecule has 1 amide bonds. The maximum atomic E-state index is 12.6. The molecule has 7 nitrogen and oxygen atoms in total. The van der Waals surface area contributed by atoms with E-state index in [0.29, 0.717) is 16.9 Å². The van der Waals surface area contributed by atoms with Crippen LogP contribution in [0.4, 0.5) is 10.6 Å². The van der Waals surface area contributed by atoms with E-state index in [1.807, 2.05) is 55.5 Å². The highest BCUT2D eigenvalue weighted by Gasteiger charge is 2.17. The molecular weight excluding hydrogens is 394 g/mol. The molecule has 31 heavy (non-hydrogen) atoms. The number of carbonyl (C=O) groups is 2. The third kappa shape index (κ3) is 4.19. The number of aromatic nitrogens is 2. The number of fused-ring (bicyclic) bond motifs is 3. The molecule has 1 unspecified atom stereocenters. The van der Waals surface area contributed by atoms with E-state index in [-0.39, 0.29) is 0 Å². The third-order valence-corrected chi connectivity index (χ3v) is 4.90. The molecule has 4 rings (SSSR count). The van der Waals surface area contributed by atoms with Crippen LogP contribution in [0.15, 0.2) is 60.7 Å². The van der Waals surface area contributed by atoms with Crippen LogP contribution in [0.1, 0.15) is 24.2 Å². The Bertz CT molecular complexity index is 1360. The predicted octanol–water partition coefficient (Wildman–Crippen LogP) is 4.47. The van der Waals surface area contributed by atoms with E-state index in [2.05, 4.69) is 22.3 Å². The highest BCUT2D eigenvalue weighted by molar-refractivity contribution is 6.13.